The van der Waals surface area contributed by atoms with E-state index in [9.17, 15) is 9.59 Å². The Hall–Kier alpha value is -2.73. The van der Waals surface area contributed by atoms with E-state index < -0.39 is 0 Å². The first-order chi connectivity index (χ1) is 11.7. The molecule has 122 valence electrons. The number of hydrogen-bond donors (Lipinski definition) is 1. The number of carbonyl (C=O) groups is 1. The Balaban J connectivity index is 1.57. The second-order valence-corrected chi connectivity index (χ2v) is 6.22. The van der Waals surface area contributed by atoms with Crippen LogP contribution in [0.15, 0.2) is 64.8 Å². The molecule has 2 aromatic heterocycles. The first kappa shape index (κ1) is 16.1. The zero-order valence-electron chi connectivity index (χ0n) is 13.0. The molecule has 0 spiro atoms. The van der Waals surface area contributed by atoms with E-state index in [0.29, 0.717) is 19.5 Å². The molecular weight excluding hydrogens is 322 g/mol. The molecule has 2 heterocycles. The van der Waals surface area contributed by atoms with Crippen molar-refractivity contribution in [2.24, 2.45) is 0 Å². The van der Waals surface area contributed by atoms with Crippen LogP contribution in [-0.2, 0) is 17.8 Å². The van der Waals surface area contributed by atoms with Gasteiger partial charge < -0.3 is 5.32 Å². The molecule has 3 rings (SSSR count). The monoisotopic (exact) mass is 339 g/mol. The maximum absolute atomic E-state index is 11.9. The smallest absolute Gasteiger partial charge is 0.266 e. The lowest BCUT2D eigenvalue weighted by Crippen LogP contribution is -2.32. The van der Waals surface area contributed by atoms with Crippen molar-refractivity contribution in [2.75, 3.05) is 6.54 Å². The highest BCUT2D eigenvalue weighted by molar-refractivity contribution is 7.13. The molecule has 0 fully saturated rings. The van der Waals surface area contributed by atoms with Crippen molar-refractivity contribution < 1.29 is 4.79 Å². The van der Waals surface area contributed by atoms with Gasteiger partial charge >= 0.3 is 0 Å². The van der Waals surface area contributed by atoms with Gasteiger partial charge in [-0.15, -0.1) is 11.3 Å². The fourth-order valence-corrected chi connectivity index (χ4v) is 3.00. The van der Waals surface area contributed by atoms with E-state index in [0.717, 1.165) is 16.1 Å². The minimum atomic E-state index is -0.174. The minimum Gasteiger partial charge on any atom is -0.354 e. The van der Waals surface area contributed by atoms with Gasteiger partial charge in [-0.1, -0.05) is 36.4 Å². The minimum absolute atomic E-state index is 0.0661. The standard InChI is InChI=1S/C18H17N3O2S/c22-17(13-14-5-2-1-3-6-14)19-10-11-21-18(23)9-8-15(20-21)16-7-4-12-24-16/h1-9,12H,10-11,13H2,(H,19,22). The number of rotatable bonds is 6. The molecule has 0 aliphatic carbocycles. The van der Waals surface area contributed by atoms with E-state index in [1.165, 1.54) is 10.7 Å². The second-order valence-electron chi connectivity index (χ2n) is 5.27. The van der Waals surface area contributed by atoms with E-state index in [1.54, 1.807) is 17.4 Å². The SMILES string of the molecule is O=C(Cc1ccccc1)NCCn1nc(-c2cccs2)ccc1=O. The lowest BCUT2D eigenvalue weighted by Gasteiger charge is -2.08. The van der Waals surface area contributed by atoms with Crippen molar-refractivity contribution in [2.45, 2.75) is 13.0 Å². The summed E-state index contributed by atoms with van der Waals surface area (Å²) in [6, 6.07) is 16.7. The third-order valence-corrected chi connectivity index (χ3v) is 4.39. The highest BCUT2D eigenvalue weighted by Gasteiger charge is 2.06. The maximum atomic E-state index is 11.9. The third-order valence-electron chi connectivity index (χ3n) is 3.49. The summed E-state index contributed by atoms with van der Waals surface area (Å²) in [5.41, 5.74) is 1.55. The first-order valence-electron chi connectivity index (χ1n) is 7.65. The van der Waals surface area contributed by atoms with Gasteiger partial charge in [0.15, 0.2) is 0 Å². The Kier molecular flexibility index (Phi) is 5.18. The van der Waals surface area contributed by atoms with Crippen LogP contribution in [0.2, 0.25) is 0 Å². The van der Waals surface area contributed by atoms with Gasteiger partial charge in [0.25, 0.3) is 5.56 Å². The summed E-state index contributed by atoms with van der Waals surface area (Å²) in [6.45, 7) is 0.713. The van der Waals surface area contributed by atoms with Crippen molar-refractivity contribution in [1.82, 2.24) is 15.1 Å². The number of benzene rings is 1. The highest BCUT2D eigenvalue weighted by Crippen LogP contribution is 2.20. The Morgan fingerprint density at radius 2 is 1.92 bits per heavy atom. The van der Waals surface area contributed by atoms with Crippen molar-refractivity contribution >= 4 is 17.2 Å². The van der Waals surface area contributed by atoms with Gasteiger partial charge in [-0.25, -0.2) is 4.68 Å². The van der Waals surface area contributed by atoms with Crippen LogP contribution < -0.4 is 10.9 Å². The predicted octanol–water partition coefficient (Wildman–Crippen LogP) is 2.33. The molecule has 1 aromatic carbocycles. The predicted molar refractivity (Wildman–Crippen MR) is 95.0 cm³/mol. The normalized spacial score (nSPS) is 10.5. The first-order valence-corrected chi connectivity index (χ1v) is 8.53. The summed E-state index contributed by atoms with van der Waals surface area (Å²) >= 11 is 1.57. The Morgan fingerprint density at radius 3 is 2.67 bits per heavy atom. The van der Waals surface area contributed by atoms with Gasteiger partial charge in [0, 0.05) is 12.6 Å². The average molecular weight is 339 g/mol. The maximum Gasteiger partial charge on any atom is 0.266 e. The summed E-state index contributed by atoms with van der Waals surface area (Å²) in [5.74, 6) is -0.0661. The molecule has 0 unspecified atom stereocenters. The summed E-state index contributed by atoms with van der Waals surface area (Å²) in [6.07, 6.45) is 0.332. The summed E-state index contributed by atoms with van der Waals surface area (Å²) in [5, 5.41) is 9.15. The quantitative estimate of drug-likeness (QED) is 0.750. The average Bonchev–Trinajstić information content (AvgIpc) is 3.12. The lowest BCUT2D eigenvalue weighted by atomic mass is 10.1. The molecule has 6 heteroatoms. The van der Waals surface area contributed by atoms with E-state index in [1.807, 2.05) is 47.8 Å². The van der Waals surface area contributed by atoms with E-state index in [4.69, 9.17) is 0 Å². The number of aromatic nitrogens is 2. The number of amides is 1. The zero-order valence-corrected chi connectivity index (χ0v) is 13.8. The van der Waals surface area contributed by atoms with Gasteiger partial charge in [-0.05, 0) is 23.1 Å². The molecule has 1 N–H and O–H groups in total. The van der Waals surface area contributed by atoms with Crippen LogP contribution in [0.25, 0.3) is 10.6 Å². The molecule has 0 aliphatic heterocycles. The molecule has 5 nitrogen and oxygen atoms in total. The molecule has 0 atom stereocenters. The molecule has 3 aromatic rings. The topological polar surface area (TPSA) is 64.0 Å². The Labute approximate surface area is 143 Å². The number of thiophene rings is 1. The van der Waals surface area contributed by atoms with Gasteiger partial charge in [-0.3, -0.25) is 9.59 Å². The van der Waals surface area contributed by atoms with Crippen LogP contribution in [-0.4, -0.2) is 22.2 Å². The number of nitrogens with one attached hydrogen (secondary N) is 1. The number of carbonyl (C=O) groups excluding carboxylic acids is 1. The van der Waals surface area contributed by atoms with E-state index in [-0.39, 0.29) is 11.5 Å². The van der Waals surface area contributed by atoms with Crippen molar-refractivity contribution in [3.8, 4) is 10.6 Å². The lowest BCUT2D eigenvalue weighted by molar-refractivity contribution is -0.120. The fourth-order valence-electron chi connectivity index (χ4n) is 2.31. The van der Waals surface area contributed by atoms with Crippen molar-refractivity contribution in [3.63, 3.8) is 0 Å². The zero-order chi connectivity index (χ0) is 16.8. The van der Waals surface area contributed by atoms with Crippen LogP contribution in [0.3, 0.4) is 0 Å². The van der Waals surface area contributed by atoms with Crippen LogP contribution in [0.1, 0.15) is 5.56 Å². The fraction of sp³-hybridized carbons (Fsp3) is 0.167. The van der Waals surface area contributed by atoms with Gasteiger partial charge in [0.05, 0.1) is 17.8 Å². The molecule has 0 saturated heterocycles. The molecule has 0 saturated carbocycles. The summed E-state index contributed by atoms with van der Waals surface area (Å²) < 4.78 is 1.39. The van der Waals surface area contributed by atoms with Crippen LogP contribution >= 0.6 is 11.3 Å². The van der Waals surface area contributed by atoms with Crippen LogP contribution in [0.5, 0.6) is 0 Å². The molecule has 0 bridgehead atoms. The molecule has 0 aliphatic rings. The Morgan fingerprint density at radius 1 is 1.08 bits per heavy atom. The van der Waals surface area contributed by atoms with Gasteiger partial charge in [0.1, 0.15) is 5.69 Å². The van der Waals surface area contributed by atoms with Crippen LogP contribution in [0.4, 0.5) is 0 Å². The van der Waals surface area contributed by atoms with Crippen molar-refractivity contribution in [3.05, 3.63) is 75.9 Å². The van der Waals surface area contributed by atoms with Crippen molar-refractivity contribution in [1.29, 1.82) is 0 Å². The molecule has 1 amide bonds. The Bertz CT molecular complexity index is 857. The third kappa shape index (κ3) is 4.17. The number of nitrogens with zero attached hydrogens (tertiary/aromatic N) is 2. The second kappa shape index (κ2) is 7.70. The largest absolute Gasteiger partial charge is 0.354 e. The number of hydrogen-bond acceptors (Lipinski definition) is 4. The van der Waals surface area contributed by atoms with E-state index >= 15 is 0 Å². The molecule has 0 radical (unpaired) electrons. The molecule has 24 heavy (non-hydrogen) atoms. The van der Waals surface area contributed by atoms with E-state index in [2.05, 4.69) is 10.4 Å². The summed E-state index contributed by atoms with van der Waals surface area (Å²) in [4.78, 5) is 24.8. The highest BCUT2D eigenvalue weighted by atomic mass is 32.1. The van der Waals surface area contributed by atoms with Gasteiger partial charge in [-0.2, -0.15) is 5.10 Å². The molecular formula is C18H17N3O2S. The van der Waals surface area contributed by atoms with Gasteiger partial charge in [0.2, 0.25) is 5.91 Å². The van der Waals surface area contributed by atoms with Crippen LogP contribution in [0, 0.1) is 0 Å². The summed E-state index contributed by atoms with van der Waals surface area (Å²) in [7, 11) is 0.